The summed E-state index contributed by atoms with van der Waals surface area (Å²) in [4.78, 5) is 2.34. The van der Waals surface area contributed by atoms with E-state index < -0.39 is 6.10 Å². The monoisotopic (exact) mass is 351 g/mol. The van der Waals surface area contributed by atoms with Crippen LogP contribution >= 0.6 is 15.9 Å². The fraction of sp³-hybridized carbons (Fsp3) is 0.500. The van der Waals surface area contributed by atoms with Crippen LogP contribution in [0.2, 0.25) is 0 Å². The Labute approximate surface area is 132 Å². The Kier molecular flexibility index (Phi) is 2.90. The highest BCUT2D eigenvalue weighted by Gasteiger charge is 2.56. The van der Waals surface area contributed by atoms with E-state index in [0.717, 1.165) is 28.9 Å². The summed E-state index contributed by atoms with van der Waals surface area (Å²) in [6.07, 6.45) is 5.09. The average Bonchev–Trinajstić information content (AvgIpc) is 2.81. The fourth-order valence-corrected chi connectivity index (χ4v) is 4.58. The quantitative estimate of drug-likeness (QED) is 0.787. The molecule has 0 saturated heterocycles. The number of benzene rings is 1. The first-order valence-corrected chi connectivity index (χ1v) is 8.02. The topological polar surface area (TPSA) is 41.9 Å². The minimum absolute atomic E-state index is 0.0697. The molecule has 1 aliphatic carbocycles. The number of aliphatic hydroxyl groups excluding tert-OH is 1. The van der Waals surface area contributed by atoms with Crippen molar-refractivity contribution in [2.75, 3.05) is 20.7 Å². The summed E-state index contributed by atoms with van der Waals surface area (Å²) >= 11 is 3.68. The van der Waals surface area contributed by atoms with Gasteiger partial charge < -0.3 is 14.6 Å². The summed E-state index contributed by atoms with van der Waals surface area (Å²) in [5, 5.41) is 9.97. The van der Waals surface area contributed by atoms with E-state index in [2.05, 4.69) is 34.0 Å². The number of ether oxygens (including phenoxy) is 2. The van der Waals surface area contributed by atoms with Gasteiger partial charge in [-0.2, -0.15) is 0 Å². The van der Waals surface area contributed by atoms with Crippen LogP contribution in [-0.2, 0) is 12.0 Å². The third-order valence-electron chi connectivity index (χ3n) is 5.03. The Morgan fingerprint density at radius 2 is 2.33 bits per heavy atom. The molecule has 0 fully saturated rings. The zero-order valence-electron chi connectivity index (χ0n) is 12.1. The molecule has 0 bridgehead atoms. The van der Waals surface area contributed by atoms with Crippen LogP contribution in [0.4, 0.5) is 0 Å². The third-order valence-corrected chi connectivity index (χ3v) is 5.73. The standard InChI is InChI=1S/C16H18BrNO3/c1-18-6-4-10-11(17)8-12(20-2)15-14(10)16(18)5-3-9(19)7-13(16)21-15/h3,5,8-9,13,19H,4,6-7H2,1-2H3/t9-,13?,16?/m0/s1. The van der Waals surface area contributed by atoms with Crippen LogP contribution < -0.4 is 9.47 Å². The summed E-state index contributed by atoms with van der Waals surface area (Å²) in [6, 6.07) is 1.99. The lowest BCUT2D eigenvalue weighted by atomic mass is 9.74. The van der Waals surface area contributed by atoms with Crippen molar-refractivity contribution < 1.29 is 14.6 Å². The van der Waals surface area contributed by atoms with Crippen molar-refractivity contribution in [3.63, 3.8) is 0 Å². The smallest absolute Gasteiger partial charge is 0.167 e. The van der Waals surface area contributed by atoms with Gasteiger partial charge in [0.2, 0.25) is 0 Å². The lowest BCUT2D eigenvalue weighted by Crippen LogP contribution is -2.55. The van der Waals surface area contributed by atoms with Gasteiger partial charge in [-0.25, -0.2) is 0 Å². The molecule has 21 heavy (non-hydrogen) atoms. The van der Waals surface area contributed by atoms with Crippen LogP contribution in [-0.4, -0.2) is 42.9 Å². The molecule has 0 radical (unpaired) electrons. The number of hydrogen-bond acceptors (Lipinski definition) is 4. The van der Waals surface area contributed by atoms with E-state index in [1.165, 1.54) is 11.1 Å². The summed E-state index contributed by atoms with van der Waals surface area (Å²) in [5.74, 6) is 1.60. The summed E-state index contributed by atoms with van der Waals surface area (Å²) in [7, 11) is 3.80. The van der Waals surface area contributed by atoms with E-state index in [-0.39, 0.29) is 11.6 Å². The van der Waals surface area contributed by atoms with Crippen LogP contribution in [0.25, 0.3) is 0 Å². The molecule has 4 nitrogen and oxygen atoms in total. The minimum atomic E-state index is -0.442. The van der Waals surface area contributed by atoms with Gasteiger partial charge in [0, 0.05) is 23.0 Å². The van der Waals surface area contributed by atoms with Crippen LogP contribution in [0.3, 0.4) is 0 Å². The normalized spacial score (nSPS) is 33.3. The number of hydrogen-bond donors (Lipinski definition) is 1. The minimum Gasteiger partial charge on any atom is -0.493 e. The van der Waals surface area contributed by atoms with Gasteiger partial charge in [0.1, 0.15) is 11.6 Å². The van der Waals surface area contributed by atoms with E-state index in [1.807, 2.05) is 12.1 Å². The summed E-state index contributed by atoms with van der Waals surface area (Å²) < 4.78 is 12.8. The number of aliphatic hydroxyl groups is 1. The largest absolute Gasteiger partial charge is 0.493 e. The Morgan fingerprint density at radius 1 is 1.52 bits per heavy atom. The van der Waals surface area contributed by atoms with Crippen molar-refractivity contribution in [3.8, 4) is 11.5 Å². The van der Waals surface area contributed by atoms with Gasteiger partial charge in [0.15, 0.2) is 11.5 Å². The van der Waals surface area contributed by atoms with Gasteiger partial charge in [-0.3, -0.25) is 4.90 Å². The van der Waals surface area contributed by atoms with Crippen molar-refractivity contribution >= 4 is 15.9 Å². The van der Waals surface area contributed by atoms with Crippen molar-refractivity contribution in [2.45, 2.75) is 30.6 Å². The van der Waals surface area contributed by atoms with Crippen molar-refractivity contribution in [2.24, 2.45) is 0 Å². The number of likely N-dealkylation sites (N-methyl/N-ethyl adjacent to an activating group) is 1. The highest BCUT2D eigenvalue weighted by Crippen LogP contribution is 2.57. The van der Waals surface area contributed by atoms with Crippen molar-refractivity contribution in [1.29, 1.82) is 0 Å². The SMILES string of the molecule is COc1cc(Br)c2c3c1OC1C[C@@H](O)C=CC31N(C)CC2. The van der Waals surface area contributed by atoms with Gasteiger partial charge in [-0.05, 0) is 25.1 Å². The zero-order chi connectivity index (χ0) is 14.8. The maximum absolute atomic E-state index is 9.97. The summed E-state index contributed by atoms with van der Waals surface area (Å²) in [6.45, 7) is 0.970. The molecular weight excluding hydrogens is 334 g/mol. The molecule has 2 aliphatic heterocycles. The molecule has 1 aromatic rings. The second-order valence-electron chi connectivity index (χ2n) is 6.01. The van der Waals surface area contributed by atoms with Crippen LogP contribution in [0.1, 0.15) is 17.5 Å². The molecular formula is C16H18BrNO3. The predicted molar refractivity (Wildman–Crippen MR) is 82.9 cm³/mol. The molecule has 4 rings (SSSR count). The maximum Gasteiger partial charge on any atom is 0.167 e. The lowest BCUT2D eigenvalue weighted by Gasteiger charge is -2.46. The van der Waals surface area contributed by atoms with Crippen LogP contribution in [0.5, 0.6) is 11.5 Å². The molecule has 1 spiro atoms. The number of halogens is 1. The van der Waals surface area contributed by atoms with E-state index in [9.17, 15) is 5.11 Å². The Bertz CT molecular complexity index is 645. The first kappa shape index (κ1) is 13.6. The molecule has 3 atom stereocenters. The molecule has 112 valence electrons. The van der Waals surface area contributed by atoms with Gasteiger partial charge in [-0.15, -0.1) is 0 Å². The Morgan fingerprint density at radius 3 is 3.10 bits per heavy atom. The lowest BCUT2D eigenvalue weighted by molar-refractivity contribution is 0.0140. The molecule has 0 saturated carbocycles. The maximum atomic E-state index is 9.97. The predicted octanol–water partition coefficient (Wildman–Crippen LogP) is 2.22. The fourth-order valence-electron chi connectivity index (χ4n) is 3.98. The molecule has 0 aromatic heterocycles. The van der Waals surface area contributed by atoms with E-state index >= 15 is 0 Å². The summed E-state index contributed by atoms with van der Waals surface area (Å²) in [5.41, 5.74) is 2.22. The molecule has 2 heterocycles. The van der Waals surface area contributed by atoms with Crippen molar-refractivity contribution in [3.05, 3.63) is 33.8 Å². The molecule has 5 heteroatoms. The van der Waals surface area contributed by atoms with Gasteiger partial charge >= 0.3 is 0 Å². The highest BCUT2D eigenvalue weighted by molar-refractivity contribution is 9.10. The number of nitrogens with zero attached hydrogens (tertiary/aromatic N) is 1. The molecule has 2 unspecified atom stereocenters. The van der Waals surface area contributed by atoms with Crippen LogP contribution in [0, 0.1) is 0 Å². The van der Waals surface area contributed by atoms with Gasteiger partial charge in [0.25, 0.3) is 0 Å². The molecule has 0 amide bonds. The Balaban J connectivity index is 2.03. The second-order valence-corrected chi connectivity index (χ2v) is 6.86. The average molecular weight is 352 g/mol. The highest BCUT2D eigenvalue weighted by atomic mass is 79.9. The van der Waals surface area contributed by atoms with Gasteiger partial charge in [0.05, 0.1) is 13.2 Å². The van der Waals surface area contributed by atoms with Crippen molar-refractivity contribution in [1.82, 2.24) is 4.90 Å². The Hall–Kier alpha value is -1.04. The van der Waals surface area contributed by atoms with E-state index in [4.69, 9.17) is 9.47 Å². The second kappa shape index (κ2) is 4.48. The van der Waals surface area contributed by atoms with Gasteiger partial charge in [-0.1, -0.05) is 28.1 Å². The first-order valence-electron chi connectivity index (χ1n) is 7.23. The molecule has 3 aliphatic rings. The third kappa shape index (κ3) is 1.62. The number of rotatable bonds is 1. The first-order chi connectivity index (χ1) is 10.1. The van der Waals surface area contributed by atoms with E-state index in [1.54, 1.807) is 7.11 Å². The van der Waals surface area contributed by atoms with E-state index in [0.29, 0.717) is 6.42 Å². The number of methoxy groups -OCH3 is 1. The van der Waals surface area contributed by atoms with Crippen LogP contribution in [0.15, 0.2) is 22.7 Å². The molecule has 1 N–H and O–H groups in total. The zero-order valence-corrected chi connectivity index (χ0v) is 13.7. The molecule has 1 aromatic carbocycles.